The molecule has 0 unspecified atom stereocenters. The number of anilines is 3. The minimum absolute atomic E-state index is 1.11. The Morgan fingerprint density at radius 2 is 1.00 bits per heavy atom. The highest BCUT2D eigenvalue weighted by Gasteiger charge is 2.19. The highest BCUT2D eigenvalue weighted by atomic mass is 32.1. The number of hydrogen-bond donors (Lipinski definition) is 0. The summed E-state index contributed by atoms with van der Waals surface area (Å²) in [6, 6.07) is 75.2. The first-order chi connectivity index (χ1) is 27.3. The van der Waals surface area contributed by atoms with Crippen molar-refractivity contribution < 1.29 is 0 Å². The zero-order valence-corrected chi connectivity index (χ0v) is 30.7. The summed E-state index contributed by atoms with van der Waals surface area (Å²) in [6.07, 6.45) is 0. The second-order valence-electron chi connectivity index (χ2n) is 14.1. The summed E-state index contributed by atoms with van der Waals surface area (Å²) in [6.45, 7) is 0. The van der Waals surface area contributed by atoms with Gasteiger partial charge in [-0.25, -0.2) is 0 Å². The van der Waals surface area contributed by atoms with E-state index in [1.54, 1.807) is 0 Å². The van der Waals surface area contributed by atoms with Crippen molar-refractivity contribution in [2.45, 2.75) is 0 Å². The van der Waals surface area contributed by atoms with Crippen molar-refractivity contribution in [2.75, 3.05) is 4.90 Å². The van der Waals surface area contributed by atoms with Crippen LogP contribution in [0.5, 0.6) is 0 Å². The van der Waals surface area contributed by atoms with Gasteiger partial charge in [-0.05, 0) is 88.1 Å². The third-order valence-electron chi connectivity index (χ3n) is 11.0. The monoisotopic (exact) mass is 718 g/mol. The van der Waals surface area contributed by atoms with E-state index in [1.165, 1.54) is 75.0 Å². The maximum absolute atomic E-state index is 2.42. The smallest absolute Gasteiger partial charge is 0.0619 e. The standard InChI is InChI=1S/C52H34N2S/c1-2-16-38(17-3-1)54-49-25-8-6-20-45(49)48-24-12-23-44(52(48)54)37-15-10-18-40(33-37)53(41-31-32-47-46-21-7-9-26-50(46)55-51(47)34-41)39-29-27-36(28-30-39)43-22-11-14-35-13-4-5-19-42(35)43/h1-34H. The highest BCUT2D eigenvalue weighted by Crippen LogP contribution is 2.44. The zero-order valence-electron chi connectivity index (χ0n) is 29.9. The Morgan fingerprint density at radius 1 is 0.364 bits per heavy atom. The van der Waals surface area contributed by atoms with Crippen LogP contribution in [0.25, 0.3) is 80.7 Å². The third kappa shape index (κ3) is 5.24. The molecular weight excluding hydrogens is 685 g/mol. The fourth-order valence-corrected chi connectivity index (χ4v) is 9.62. The molecule has 11 aromatic rings. The minimum atomic E-state index is 1.11. The van der Waals surface area contributed by atoms with Crippen molar-refractivity contribution in [3.8, 4) is 27.9 Å². The van der Waals surface area contributed by atoms with Gasteiger partial charge in [0.1, 0.15) is 0 Å². The maximum atomic E-state index is 2.42. The Hall–Kier alpha value is -6.94. The number of benzene rings is 9. The van der Waals surface area contributed by atoms with Crippen molar-refractivity contribution in [2.24, 2.45) is 0 Å². The molecule has 0 radical (unpaired) electrons. The molecule has 2 nitrogen and oxygen atoms in total. The predicted molar refractivity (Wildman–Crippen MR) is 237 cm³/mol. The van der Waals surface area contributed by atoms with Gasteiger partial charge in [0.05, 0.1) is 11.0 Å². The first-order valence-electron chi connectivity index (χ1n) is 18.8. The second-order valence-corrected chi connectivity index (χ2v) is 15.2. The summed E-state index contributed by atoms with van der Waals surface area (Å²) in [5.41, 5.74) is 11.7. The molecule has 11 rings (SSSR count). The average Bonchev–Trinajstić information content (AvgIpc) is 3.80. The fourth-order valence-electron chi connectivity index (χ4n) is 8.48. The number of fused-ring (bicyclic) bond motifs is 7. The lowest BCUT2D eigenvalue weighted by Crippen LogP contribution is -2.10. The Kier molecular flexibility index (Phi) is 7.39. The lowest BCUT2D eigenvalue weighted by atomic mass is 9.98. The van der Waals surface area contributed by atoms with Crippen LogP contribution < -0.4 is 4.90 Å². The number of hydrogen-bond acceptors (Lipinski definition) is 2. The summed E-state index contributed by atoms with van der Waals surface area (Å²) < 4.78 is 5.01. The van der Waals surface area contributed by atoms with Crippen LogP contribution in [0.1, 0.15) is 0 Å². The number of thiophene rings is 1. The molecule has 0 N–H and O–H groups in total. The summed E-state index contributed by atoms with van der Waals surface area (Å²) in [7, 11) is 0. The number of para-hydroxylation sites is 3. The van der Waals surface area contributed by atoms with Crippen molar-refractivity contribution in [1.29, 1.82) is 0 Å². The van der Waals surface area contributed by atoms with Gasteiger partial charge in [0, 0.05) is 59.3 Å². The van der Waals surface area contributed by atoms with Crippen molar-refractivity contribution in [3.63, 3.8) is 0 Å². The van der Waals surface area contributed by atoms with Crippen LogP contribution >= 0.6 is 11.3 Å². The van der Waals surface area contributed by atoms with Crippen molar-refractivity contribution >= 4 is 81.1 Å². The molecule has 0 aliphatic rings. The van der Waals surface area contributed by atoms with Crippen LogP contribution in [0.15, 0.2) is 206 Å². The summed E-state index contributed by atoms with van der Waals surface area (Å²) in [4.78, 5) is 2.41. The molecule has 0 aliphatic heterocycles. The van der Waals surface area contributed by atoms with Crippen LogP contribution in [0, 0.1) is 0 Å². The molecule has 258 valence electrons. The van der Waals surface area contributed by atoms with Gasteiger partial charge < -0.3 is 9.47 Å². The molecule has 2 aromatic heterocycles. The molecule has 55 heavy (non-hydrogen) atoms. The lowest BCUT2D eigenvalue weighted by molar-refractivity contribution is 1.18. The quantitative estimate of drug-likeness (QED) is 0.166. The van der Waals surface area contributed by atoms with Crippen molar-refractivity contribution in [1.82, 2.24) is 4.57 Å². The SMILES string of the molecule is c1ccc(-n2c3ccccc3c3cccc(-c4cccc(N(c5ccc(-c6cccc7ccccc67)cc5)c5ccc6c(c5)sc5ccccc56)c4)c32)cc1. The molecule has 0 fully saturated rings. The van der Waals surface area contributed by atoms with E-state index < -0.39 is 0 Å². The Balaban J connectivity index is 1.10. The van der Waals surface area contributed by atoms with Gasteiger partial charge in [0.2, 0.25) is 0 Å². The maximum Gasteiger partial charge on any atom is 0.0619 e. The van der Waals surface area contributed by atoms with Crippen LogP contribution in [0.2, 0.25) is 0 Å². The molecular formula is C52H34N2S. The first-order valence-corrected chi connectivity index (χ1v) is 19.6. The average molecular weight is 719 g/mol. The van der Waals surface area contributed by atoms with E-state index in [-0.39, 0.29) is 0 Å². The molecule has 3 heteroatoms. The fraction of sp³-hybridized carbons (Fsp3) is 0. The Bertz CT molecular complexity index is 3200. The molecule has 0 spiro atoms. The zero-order chi connectivity index (χ0) is 36.3. The van der Waals surface area contributed by atoms with Gasteiger partial charge in [-0.15, -0.1) is 11.3 Å². The molecule has 9 aromatic carbocycles. The normalized spacial score (nSPS) is 11.6. The summed E-state index contributed by atoms with van der Waals surface area (Å²) in [5, 5.41) is 7.62. The van der Waals surface area contributed by atoms with E-state index >= 15 is 0 Å². The topological polar surface area (TPSA) is 8.17 Å². The first kappa shape index (κ1) is 31.6. The van der Waals surface area contributed by atoms with Gasteiger partial charge >= 0.3 is 0 Å². The largest absolute Gasteiger partial charge is 0.310 e. The van der Waals surface area contributed by atoms with Gasteiger partial charge in [-0.2, -0.15) is 0 Å². The molecule has 0 saturated heterocycles. The van der Waals surface area contributed by atoms with Gasteiger partial charge in [0.25, 0.3) is 0 Å². The molecule has 0 aliphatic carbocycles. The van der Waals surface area contributed by atoms with Gasteiger partial charge in [-0.3, -0.25) is 0 Å². The Labute approximate surface area is 323 Å². The predicted octanol–water partition coefficient (Wildman–Crippen LogP) is 15.1. The van der Waals surface area contributed by atoms with Crippen molar-refractivity contribution in [3.05, 3.63) is 206 Å². The van der Waals surface area contributed by atoms with Crippen LogP contribution in [-0.4, -0.2) is 4.57 Å². The second kappa shape index (κ2) is 12.9. The number of rotatable bonds is 6. The van der Waals surface area contributed by atoms with E-state index in [2.05, 4.69) is 216 Å². The number of aromatic nitrogens is 1. The van der Waals surface area contributed by atoms with E-state index in [4.69, 9.17) is 0 Å². The molecule has 0 amide bonds. The van der Waals surface area contributed by atoms with E-state index in [1.807, 2.05) is 11.3 Å². The van der Waals surface area contributed by atoms with Crippen LogP contribution in [-0.2, 0) is 0 Å². The minimum Gasteiger partial charge on any atom is -0.310 e. The summed E-state index contributed by atoms with van der Waals surface area (Å²) in [5.74, 6) is 0. The number of nitrogens with zero attached hydrogens (tertiary/aromatic N) is 2. The Morgan fingerprint density at radius 3 is 1.89 bits per heavy atom. The van der Waals surface area contributed by atoms with E-state index in [0.29, 0.717) is 0 Å². The molecule has 0 saturated carbocycles. The lowest BCUT2D eigenvalue weighted by Gasteiger charge is -2.26. The van der Waals surface area contributed by atoms with Gasteiger partial charge in [-0.1, -0.05) is 146 Å². The van der Waals surface area contributed by atoms with Gasteiger partial charge in [0.15, 0.2) is 0 Å². The van der Waals surface area contributed by atoms with E-state index in [0.717, 1.165) is 22.7 Å². The molecule has 0 atom stereocenters. The molecule has 0 bridgehead atoms. The third-order valence-corrected chi connectivity index (χ3v) is 12.1. The highest BCUT2D eigenvalue weighted by molar-refractivity contribution is 7.25. The molecule has 2 heterocycles. The van der Waals surface area contributed by atoms with Crippen LogP contribution in [0.4, 0.5) is 17.1 Å². The summed E-state index contributed by atoms with van der Waals surface area (Å²) >= 11 is 1.86. The van der Waals surface area contributed by atoms with E-state index in [9.17, 15) is 0 Å². The van der Waals surface area contributed by atoms with Crippen LogP contribution in [0.3, 0.4) is 0 Å².